The summed E-state index contributed by atoms with van der Waals surface area (Å²) in [6.07, 6.45) is 0. The molecule has 1 unspecified atom stereocenters. The molecule has 0 aliphatic heterocycles. The Labute approximate surface area is 85.6 Å². The molecular weight excluding hydrogens is 178 g/mol. The molecule has 0 heterocycles. The molecule has 0 rings (SSSR count). The molecule has 13 heavy (non-hydrogen) atoms. The molecule has 0 aromatic heterocycles. The maximum Gasteiger partial charge on any atom is 0.0597 e. The zero-order valence-corrected chi connectivity index (χ0v) is 10.9. The maximum absolute atomic E-state index is 4.64. The summed E-state index contributed by atoms with van der Waals surface area (Å²) in [7, 11) is 0.0214. The number of nitrogens with zero attached hydrogens (tertiary/aromatic N) is 1. The van der Waals surface area contributed by atoms with Crippen LogP contribution in [-0.2, 0) is 0 Å². The van der Waals surface area contributed by atoms with Gasteiger partial charge in [0.1, 0.15) is 0 Å². The lowest BCUT2D eigenvalue weighted by atomic mass is 10.1. The molecule has 0 spiro atoms. The molecule has 0 aliphatic carbocycles. The van der Waals surface area contributed by atoms with E-state index in [0.717, 1.165) is 0 Å². The first-order valence-electron chi connectivity index (χ1n) is 4.64. The highest BCUT2D eigenvalue weighted by Gasteiger charge is 2.17. The van der Waals surface area contributed by atoms with Gasteiger partial charge in [-0.2, -0.15) is 0 Å². The summed E-state index contributed by atoms with van der Waals surface area (Å²) >= 11 is 0. The van der Waals surface area contributed by atoms with Crippen molar-refractivity contribution in [3.63, 3.8) is 0 Å². The van der Waals surface area contributed by atoms with E-state index in [-0.39, 0.29) is 20.8 Å². The molecule has 0 aromatic carbocycles. The first-order valence-corrected chi connectivity index (χ1v) is 6.04. The summed E-state index contributed by atoms with van der Waals surface area (Å²) in [6.45, 7) is 15.1. The molecule has 0 bridgehead atoms. The van der Waals surface area contributed by atoms with Crippen LogP contribution in [0.25, 0.3) is 0 Å². The van der Waals surface area contributed by atoms with Gasteiger partial charge in [0, 0.05) is 4.75 Å². The quantitative estimate of drug-likeness (QED) is 0.322. The highest BCUT2D eigenvalue weighted by atomic mass is 32.2. The van der Waals surface area contributed by atoms with E-state index in [4.69, 9.17) is 0 Å². The third kappa shape index (κ3) is 5.25. The Balaban J connectivity index is 4.73. The summed E-state index contributed by atoms with van der Waals surface area (Å²) < 4.78 is 0.235. The fourth-order valence-electron chi connectivity index (χ4n) is 0.971. The van der Waals surface area contributed by atoms with E-state index in [1.54, 1.807) is 0 Å². The van der Waals surface area contributed by atoms with E-state index >= 15 is 0 Å². The third-order valence-electron chi connectivity index (χ3n) is 1.59. The Bertz CT molecular complexity index is 225. The van der Waals surface area contributed by atoms with Crippen LogP contribution in [0, 0.1) is 0 Å². The molecule has 1 nitrogen and oxygen atoms in total. The fraction of sp³-hybridized carbons (Fsp3) is 0.818. The minimum absolute atomic E-state index is 0.0214. The first-order chi connectivity index (χ1) is 5.54. The Morgan fingerprint density at radius 1 is 1.08 bits per heavy atom. The summed E-state index contributed by atoms with van der Waals surface area (Å²) in [4.78, 5) is 4.64. The zero-order valence-electron chi connectivity index (χ0n) is 10.1. The van der Waals surface area contributed by atoms with E-state index in [0.29, 0.717) is 0 Å². The van der Waals surface area contributed by atoms with Gasteiger partial charge in [0.25, 0.3) is 0 Å². The van der Waals surface area contributed by atoms with Gasteiger partial charge in [-0.05, 0) is 27.7 Å². The minimum atomic E-state index is 0.0214. The molecular formula is C11H23NS. The van der Waals surface area contributed by atoms with Crippen LogP contribution in [0.4, 0.5) is 0 Å². The molecule has 1 atom stereocenters. The maximum atomic E-state index is 4.64. The first kappa shape index (κ1) is 12.9. The predicted octanol–water partition coefficient (Wildman–Crippen LogP) is 3.70. The van der Waals surface area contributed by atoms with Crippen LogP contribution in [0.5, 0.6) is 0 Å². The van der Waals surface area contributed by atoms with Crippen LogP contribution >= 0.6 is 10.5 Å². The van der Waals surface area contributed by atoms with E-state index in [2.05, 4.69) is 59.3 Å². The van der Waals surface area contributed by atoms with E-state index in [9.17, 15) is 0 Å². The molecule has 0 radical (unpaired) electrons. The molecule has 2 heteroatoms. The third-order valence-corrected chi connectivity index (χ3v) is 3.87. The second-order valence-corrected chi connectivity index (χ2v) is 7.90. The summed E-state index contributed by atoms with van der Waals surface area (Å²) in [6, 6.07) is 0. The van der Waals surface area contributed by atoms with Gasteiger partial charge in [0.05, 0.1) is 10.6 Å². The topological polar surface area (TPSA) is 12.4 Å². The van der Waals surface area contributed by atoms with Crippen LogP contribution in [-0.4, -0.2) is 21.2 Å². The zero-order chi connectivity index (χ0) is 10.9. The van der Waals surface area contributed by atoms with Crippen molar-refractivity contribution in [1.82, 2.24) is 0 Å². The van der Waals surface area contributed by atoms with E-state index < -0.39 is 0 Å². The number of hydrogen-bond donors (Lipinski definition) is 0. The van der Waals surface area contributed by atoms with Gasteiger partial charge in [-0.3, -0.25) is 4.99 Å². The molecule has 0 aliphatic rings. The van der Waals surface area contributed by atoms with Crippen molar-refractivity contribution in [3.05, 3.63) is 0 Å². The number of hydrogen-bond acceptors (Lipinski definition) is 1. The molecule has 0 amide bonds. The largest absolute Gasteiger partial charge is 0.278 e. The highest BCUT2D eigenvalue weighted by molar-refractivity contribution is 8.28. The van der Waals surface area contributed by atoms with Crippen LogP contribution in [0.15, 0.2) is 4.99 Å². The SMILES string of the molecule is C=S(C(C)=NC(C)(C)C)C(C)(C)C. The normalized spacial score (nSPS) is 17.3. The van der Waals surface area contributed by atoms with Gasteiger partial charge in [-0.25, -0.2) is 0 Å². The van der Waals surface area contributed by atoms with E-state index in [1.165, 1.54) is 5.04 Å². The second-order valence-electron chi connectivity index (χ2n) is 5.30. The summed E-state index contributed by atoms with van der Waals surface area (Å²) in [5.41, 5.74) is 0.0261. The van der Waals surface area contributed by atoms with Crippen molar-refractivity contribution in [2.75, 3.05) is 0 Å². The van der Waals surface area contributed by atoms with Gasteiger partial charge in [-0.15, -0.1) is 10.5 Å². The standard InChI is InChI=1S/C11H23NS/c1-9(12-10(2,3)4)13(8)11(5,6)7/h8H2,1-7H3. The second kappa shape index (κ2) is 3.95. The van der Waals surface area contributed by atoms with Gasteiger partial charge >= 0.3 is 0 Å². The Kier molecular flexibility index (Phi) is 3.92. The highest BCUT2D eigenvalue weighted by Crippen LogP contribution is 2.31. The summed E-state index contributed by atoms with van der Waals surface area (Å²) in [5.74, 6) is 4.19. The lowest BCUT2D eigenvalue weighted by Crippen LogP contribution is -2.18. The van der Waals surface area contributed by atoms with Crippen LogP contribution < -0.4 is 0 Å². The van der Waals surface area contributed by atoms with Crippen molar-refractivity contribution in [1.29, 1.82) is 0 Å². The van der Waals surface area contributed by atoms with Gasteiger partial charge in [0.2, 0.25) is 0 Å². The minimum Gasteiger partial charge on any atom is -0.278 e. The van der Waals surface area contributed by atoms with Crippen LogP contribution in [0.2, 0.25) is 0 Å². The number of aliphatic imine (C=N–C) groups is 1. The van der Waals surface area contributed by atoms with Crippen molar-refractivity contribution in [2.24, 2.45) is 4.99 Å². The lowest BCUT2D eigenvalue weighted by Gasteiger charge is -2.25. The van der Waals surface area contributed by atoms with Crippen LogP contribution in [0.1, 0.15) is 48.5 Å². The number of rotatable bonds is 0. The van der Waals surface area contributed by atoms with Crippen LogP contribution in [0.3, 0.4) is 0 Å². The van der Waals surface area contributed by atoms with Gasteiger partial charge in [0.15, 0.2) is 0 Å². The monoisotopic (exact) mass is 201 g/mol. The summed E-state index contributed by atoms with van der Waals surface area (Å²) in [5, 5.41) is 1.18. The Morgan fingerprint density at radius 2 is 1.46 bits per heavy atom. The van der Waals surface area contributed by atoms with Crippen molar-refractivity contribution < 1.29 is 0 Å². The predicted molar refractivity (Wildman–Crippen MR) is 67.3 cm³/mol. The van der Waals surface area contributed by atoms with Crippen molar-refractivity contribution in [3.8, 4) is 0 Å². The molecule has 0 saturated carbocycles. The van der Waals surface area contributed by atoms with Gasteiger partial charge in [-0.1, -0.05) is 26.6 Å². The fourth-order valence-corrected chi connectivity index (χ4v) is 2.24. The van der Waals surface area contributed by atoms with Gasteiger partial charge < -0.3 is 0 Å². The molecule has 78 valence electrons. The average molecular weight is 201 g/mol. The molecule has 0 N–H and O–H groups in total. The Morgan fingerprint density at radius 3 is 1.69 bits per heavy atom. The molecule has 0 saturated heterocycles. The average Bonchev–Trinajstić information content (AvgIpc) is 1.79. The van der Waals surface area contributed by atoms with E-state index in [1.807, 2.05) is 0 Å². The molecule has 0 aromatic rings. The smallest absolute Gasteiger partial charge is 0.0597 e. The van der Waals surface area contributed by atoms with Crippen molar-refractivity contribution >= 4 is 21.4 Å². The molecule has 0 fully saturated rings. The Hall–Kier alpha value is -0.110. The lowest BCUT2D eigenvalue weighted by molar-refractivity contribution is 0.585. The van der Waals surface area contributed by atoms with Crippen molar-refractivity contribution in [2.45, 2.75) is 58.8 Å².